The predicted octanol–water partition coefficient (Wildman–Crippen LogP) is 4.98. The molecule has 0 aliphatic carbocycles. The number of fused-ring (bicyclic) bond motifs is 1. The van der Waals surface area contributed by atoms with Gasteiger partial charge >= 0.3 is 0 Å². The van der Waals surface area contributed by atoms with E-state index in [-0.39, 0.29) is 11.7 Å². The van der Waals surface area contributed by atoms with Crippen LogP contribution < -0.4 is 5.32 Å². The van der Waals surface area contributed by atoms with Crippen molar-refractivity contribution in [2.45, 2.75) is 13.5 Å². The topological polar surface area (TPSA) is 72.7 Å². The lowest BCUT2D eigenvalue weighted by Gasteiger charge is -2.02. The van der Waals surface area contributed by atoms with Crippen molar-refractivity contribution in [1.29, 1.82) is 0 Å². The summed E-state index contributed by atoms with van der Waals surface area (Å²) in [5.74, 6) is -0.462. The number of pyridine rings is 1. The number of nitrogens with one attached hydrogen (secondary N) is 1. The van der Waals surface area contributed by atoms with Crippen molar-refractivity contribution in [2.24, 2.45) is 0 Å². The number of aromatic nitrogens is 4. The SMILES string of the molecule is Cc1nn(-c2ccc(F)cc2)c2sc(C(=O)NCc3nc(-c4ccncc4)cs3)cc12. The molecule has 0 bridgehead atoms. The number of thiophene rings is 1. The molecule has 0 aliphatic rings. The predicted molar refractivity (Wildman–Crippen MR) is 120 cm³/mol. The van der Waals surface area contributed by atoms with Gasteiger partial charge in [-0.2, -0.15) is 5.10 Å². The molecule has 0 aliphatic heterocycles. The fourth-order valence-corrected chi connectivity index (χ4v) is 5.05. The van der Waals surface area contributed by atoms with E-state index in [0.717, 1.165) is 37.9 Å². The van der Waals surface area contributed by atoms with Gasteiger partial charge in [0.15, 0.2) is 0 Å². The number of rotatable bonds is 5. The zero-order chi connectivity index (χ0) is 21.4. The van der Waals surface area contributed by atoms with Crippen LogP contribution in [0.1, 0.15) is 20.4 Å². The van der Waals surface area contributed by atoms with Crippen molar-refractivity contribution in [3.63, 3.8) is 0 Å². The van der Waals surface area contributed by atoms with Crippen LogP contribution in [0.5, 0.6) is 0 Å². The number of carbonyl (C=O) groups is 1. The molecule has 4 aromatic heterocycles. The maximum absolute atomic E-state index is 13.3. The van der Waals surface area contributed by atoms with Crippen LogP contribution in [0.4, 0.5) is 4.39 Å². The first kappa shape index (κ1) is 19.5. The van der Waals surface area contributed by atoms with Crippen molar-refractivity contribution in [1.82, 2.24) is 25.1 Å². The molecule has 6 nitrogen and oxygen atoms in total. The van der Waals surface area contributed by atoms with E-state index in [9.17, 15) is 9.18 Å². The summed E-state index contributed by atoms with van der Waals surface area (Å²) in [4.78, 5) is 22.8. The Kier molecular flexibility index (Phi) is 5.05. The van der Waals surface area contributed by atoms with E-state index in [0.29, 0.717) is 11.4 Å². The maximum atomic E-state index is 13.3. The van der Waals surface area contributed by atoms with Gasteiger partial charge in [0.1, 0.15) is 15.7 Å². The number of thiazole rings is 1. The van der Waals surface area contributed by atoms with Gasteiger partial charge in [0, 0.05) is 28.7 Å². The van der Waals surface area contributed by atoms with Crippen LogP contribution in [0.3, 0.4) is 0 Å². The monoisotopic (exact) mass is 449 g/mol. The van der Waals surface area contributed by atoms with Crippen molar-refractivity contribution >= 4 is 38.8 Å². The highest BCUT2D eigenvalue weighted by atomic mass is 32.1. The molecule has 0 saturated heterocycles. The van der Waals surface area contributed by atoms with Gasteiger partial charge < -0.3 is 5.32 Å². The highest BCUT2D eigenvalue weighted by molar-refractivity contribution is 7.20. The second kappa shape index (κ2) is 8.01. The molecule has 0 unspecified atom stereocenters. The van der Waals surface area contributed by atoms with Gasteiger partial charge in [-0.25, -0.2) is 14.1 Å². The average Bonchev–Trinajstić information content (AvgIpc) is 3.50. The Morgan fingerprint density at radius 1 is 1.16 bits per heavy atom. The molecule has 1 N–H and O–H groups in total. The van der Waals surface area contributed by atoms with Gasteiger partial charge in [-0.3, -0.25) is 9.78 Å². The Morgan fingerprint density at radius 2 is 1.94 bits per heavy atom. The zero-order valence-electron chi connectivity index (χ0n) is 16.4. The second-order valence-electron chi connectivity index (χ2n) is 6.85. The smallest absolute Gasteiger partial charge is 0.261 e. The summed E-state index contributed by atoms with van der Waals surface area (Å²) in [6, 6.07) is 11.8. The minimum Gasteiger partial charge on any atom is -0.345 e. The van der Waals surface area contributed by atoms with E-state index in [4.69, 9.17) is 0 Å². The Labute approximate surface area is 185 Å². The molecule has 5 rings (SSSR count). The van der Waals surface area contributed by atoms with Crippen LogP contribution in [-0.2, 0) is 6.54 Å². The number of benzene rings is 1. The second-order valence-corrected chi connectivity index (χ2v) is 8.82. The minimum absolute atomic E-state index is 0.160. The molecule has 0 atom stereocenters. The van der Waals surface area contributed by atoms with E-state index in [1.54, 1.807) is 29.2 Å². The van der Waals surface area contributed by atoms with Crippen LogP contribution in [0.25, 0.3) is 27.2 Å². The van der Waals surface area contributed by atoms with Gasteiger partial charge in [0.05, 0.1) is 28.5 Å². The third-order valence-electron chi connectivity index (χ3n) is 4.77. The van der Waals surface area contributed by atoms with Crippen LogP contribution in [0, 0.1) is 12.7 Å². The van der Waals surface area contributed by atoms with E-state index < -0.39 is 0 Å². The summed E-state index contributed by atoms with van der Waals surface area (Å²) < 4.78 is 15.0. The minimum atomic E-state index is -0.301. The summed E-state index contributed by atoms with van der Waals surface area (Å²) >= 11 is 2.86. The highest BCUT2D eigenvalue weighted by Crippen LogP contribution is 2.30. The molecule has 4 heterocycles. The lowest BCUT2D eigenvalue weighted by Crippen LogP contribution is -2.21. The van der Waals surface area contributed by atoms with Crippen molar-refractivity contribution in [2.75, 3.05) is 0 Å². The highest BCUT2D eigenvalue weighted by Gasteiger charge is 2.17. The number of amides is 1. The van der Waals surface area contributed by atoms with Gasteiger partial charge in [-0.1, -0.05) is 0 Å². The van der Waals surface area contributed by atoms with Crippen molar-refractivity contribution in [3.8, 4) is 16.9 Å². The van der Waals surface area contributed by atoms with Gasteiger partial charge in [0.2, 0.25) is 0 Å². The molecule has 1 aromatic carbocycles. The van der Waals surface area contributed by atoms with E-state index in [1.165, 1.54) is 34.8 Å². The first-order valence-electron chi connectivity index (χ1n) is 9.46. The molecule has 5 aromatic rings. The van der Waals surface area contributed by atoms with Crippen LogP contribution in [0.15, 0.2) is 60.2 Å². The quantitative estimate of drug-likeness (QED) is 0.411. The van der Waals surface area contributed by atoms with Crippen molar-refractivity contribution < 1.29 is 9.18 Å². The first-order valence-corrected chi connectivity index (χ1v) is 11.2. The summed E-state index contributed by atoms with van der Waals surface area (Å²) in [5, 5.41) is 11.2. The summed E-state index contributed by atoms with van der Waals surface area (Å²) in [6.07, 6.45) is 3.46. The third kappa shape index (κ3) is 3.85. The van der Waals surface area contributed by atoms with Gasteiger partial charge in [-0.05, 0) is 49.4 Å². The van der Waals surface area contributed by atoms with Crippen LogP contribution in [-0.4, -0.2) is 25.7 Å². The molecule has 154 valence electrons. The molecular weight excluding hydrogens is 433 g/mol. The van der Waals surface area contributed by atoms with Gasteiger partial charge in [-0.15, -0.1) is 22.7 Å². The molecule has 0 radical (unpaired) electrons. The normalized spacial score (nSPS) is 11.2. The standard InChI is InChI=1S/C22H16FN5OS2/c1-13-17-10-19(31-22(17)28(27-13)16-4-2-15(23)3-5-16)21(29)25-11-20-26-18(12-30-20)14-6-8-24-9-7-14/h2-10,12H,11H2,1H3,(H,25,29). The lowest BCUT2D eigenvalue weighted by molar-refractivity contribution is 0.0955. The summed E-state index contributed by atoms with van der Waals surface area (Å²) in [7, 11) is 0. The molecule has 0 fully saturated rings. The Balaban J connectivity index is 1.34. The Bertz CT molecular complexity index is 1370. The molecule has 0 spiro atoms. The van der Waals surface area contributed by atoms with E-state index >= 15 is 0 Å². The number of hydrogen-bond donors (Lipinski definition) is 1. The molecule has 1 amide bonds. The first-order chi connectivity index (χ1) is 15.1. The Morgan fingerprint density at radius 3 is 2.71 bits per heavy atom. The number of carbonyl (C=O) groups excluding carboxylic acids is 1. The fourth-order valence-electron chi connectivity index (χ4n) is 3.21. The Hall–Kier alpha value is -3.43. The summed E-state index contributed by atoms with van der Waals surface area (Å²) in [6.45, 7) is 2.25. The van der Waals surface area contributed by atoms with Crippen molar-refractivity contribution in [3.05, 3.63) is 81.6 Å². The van der Waals surface area contributed by atoms with E-state index in [2.05, 4.69) is 20.4 Å². The fraction of sp³-hybridized carbons (Fsp3) is 0.0909. The van der Waals surface area contributed by atoms with Crippen LogP contribution >= 0.6 is 22.7 Å². The van der Waals surface area contributed by atoms with E-state index in [1.807, 2.05) is 30.5 Å². The molecular formula is C22H16FN5OS2. The number of halogens is 1. The molecule has 31 heavy (non-hydrogen) atoms. The molecule has 0 saturated carbocycles. The number of aryl methyl sites for hydroxylation is 1. The number of nitrogens with zero attached hydrogens (tertiary/aromatic N) is 4. The zero-order valence-corrected chi connectivity index (χ0v) is 18.0. The lowest BCUT2D eigenvalue weighted by atomic mass is 10.2. The summed E-state index contributed by atoms with van der Waals surface area (Å²) in [5.41, 5.74) is 3.43. The maximum Gasteiger partial charge on any atom is 0.261 e. The largest absolute Gasteiger partial charge is 0.345 e. The number of hydrogen-bond acceptors (Lipinski definition) is 6. The van der Waals surface area contributed by atoms with Crippen LogP contribution in [0.2, 0.25) is 0 Å². The average molecular weight is 450 g/mol. The van der Waals surface area contributed by atoms with Gasteiger partial charge in [0.25, 0.3) is 5.91 Å². The third-order valence-corrected chi connectivity index (χ3v) is 6.73. The molecule has 9 heteroatoms.